The molecule has 0 saturated carbocycles. The van der Waals surface area contributed by atoms with Gasteiger partial charge in [0.15, 0.2) is 0 Å². The van der Waals surface area contributed by atoms with Crippen LogP contribution in [0.5, 0.6) is 11.5 Å². The van der Waals surface area contributed by atoms with Crippen LogP contribution in [0, 0.1) is 0 Å². The maximum atomic E-state index is 9.89. The van der Waals surface area contributed by atoms with Crippen LogP contribution in [0.1, 0.15) is 83.1 Å². The van der Waals surface area contributed by atoms with E-state index in [2.05, 4.69) is 84.9 Å². The number of rotatable bonds is 5. The van der Waals surface area contributed by atoms with Gasteiger partial charge in [-0.15, -0.1) is 0 Å². The summed E-state index contributed by atoms with van der Waals surface area (Å²) < 4.78 is 0. The van der Waals surface area contributed by atoms with Crippen molar-refractivity contribution in [3.05, 3.63) is 107 Å². The summed E-state index contributed by atoms with van der Waals surface area (Å²) in [7, 11) is 0. The molecule has 0 saturated heterocycles. The zero-order valence-electron chi connectivity index (χ0n) is 23.3. The van der Waals surface area contributed by atoms with Crippen molar-refractivity contribution in [2.75, 3.05) is 0 Å². The predicted molar refractivity (Wildman–Crippen MR) is 157 cm³/mol. The van der Waals surface area contributed by atoms with Gasteiger partial charge in [-0.1, -0.05) is 109 Å². The third-order valence-electron chi connectivity index (χ3n) is 7.21. The first kappa shape index (κ1) is 26.5. The lowest BCUT2D eigenvalue weighted by Gasteiger charge is -2.34. The zero-order chi connectivity index (χ0) is 27.0. The molecule has 192 valence electrons. The van der Waals surface area contributed by atoms with E-state index in [0.717, 1.165) is 17.5 Å². The number of aromatic hydroxyl groups is 2. The number of phenols is 2. The van der Waals surface area contributed by atoms with Crippen molar-refractivity contribution in [1.82, 2.24) is 0 Å². The van der Waals surface area contributed by atoms with Crippen molar-refractivity contribution in [1.29, 1.82) is 0 Å². The summed E-state index contributed by atoms with van der Waals surface area (Å²) in [6.45, 7) is 16.0. The molecule has 4 aromatic carbocycles. The number of benzene rings is 4. The second kappa shape index (κ2) is 10.1. The fraction of sp³-hybridized carbons (Fsp3) is 0.314. The van der Waals surface area contributed by atoms with Gasteiger partial charge in [0, 0.05) is 5.92 Å². The summed E-state index contributed by atoms with van der Waals surface area (Å²) in [5.74, 6) is 0.784. The third-order valence-corrected chi connectivity index (χ3v) is 7.21. The van der Waals surface area contributed by atoms with Gasteiger partial charge in [-0.25, -0.2) is 0 Å². The third kappa shape index (κ3) is 5.44. The molecule has 0 unspecified atom stereocenters. The minimum atomic E-state index is -0.0757. The molecule has 0 aliphatic rings. The Morgan fingerprint density at radius 2 is 0.892 bits per heavy atom. The lowest BCUT2D eigenvalue weighted by molar-refractivity contribution is 0.475. The molecule has 0 bridgehead atoms. The van der Waals surface area contributed by atoms with Crippen molar-refractivity contribution in [2.45, 2.75) is 71.6 Å². The normalized spacial score (nSPS) is 12.2. The van der Waals surface area contributed by atoms with E-state index in [-0.39, 0.29) is 28.2 Å². The maximum Gasteiger partial charge on any atom is 0.115 e. The predicted octanol–water partition coefficient (Wildman–Crippen LogP) is 9.57. The van der Waals surface area contributed by atoms with Crippen molar-refractivity contribution >= 4 is 0 Å². The van der Waals surface area contributed by atoms with Gasteiger partial charge in [0.2, 0.25) is 0 Å². The Bertz CT molecular complexity index is 1260. The Morgan fingerprint density at radius 1 is 0.541 bits per heavy atom. The van der Waals surface area contributed by atoms with Crippen molar-refractivity contribution in [3.63, 3.8) is 0 Å². The standard InChI is InChI=1S/C35H40O2/c1-8-27(30-13-9-11-28(32(30)34(2,3)4)23-15-19-25(36)20-16-23)31-14-10-12-29(33(31)35(5,6)7)24-17-21-26(37)22-18-24/h9-22,27,36-37H,8H2,1-7H3. The molecule has 2 N–H and O–H groups in total. The molecule has 2 nitrogen and oxygen atoms in total. The van der Waals surface area contributed by atoms with Crippen molar-refractivity contribution in [3.8, 4) is 33.8 Å². The van der Waals surface area contributed by atoms with Gasteiger partial charge in [0.1, 0.15) is 11.5 Å². The van der Waals surface area contributed by atoms with Crippen LogP contribution in [-0.2, 0) is 10.8 Å². The van der Waals surface area contributed by atoms with Gasteiger partial charge in [0.25, 0.3) is 0 Å². The molecule has 0 fully saturated rings. The molecule has 2 heteroatoms. The van der Waals surface area contributed by atoms with Crippen LogP contribution in [-0.4, -0.2) is 10.2 Å². The molecule has 0 heterocycles. The summed E-state index contributed by atoms with van der Waals surface area (Å²) in [6, 6.07) is 28.5. The van der Waals surface area contributed by atoms with E-state index < -0.39 is 0 Å². The summed E-state index contributed by atoms with van der Waals surface area (Å²) in [5.41, 5.74) is 9.93. The van der Waals surface area contributed by atoms with Crippen LogP contribution in [0.4, 0.5) is 0 Å². The smallest absolute Gasteiger partial charge is 0.115 e. The summed E-state index contributed by atoms with van der Waals surface area (Å²) in [4.78, 5) is 0. The Hall–Kier alpha value is -3.52. The van der Waals surface area contributed by atoms with Gasteiger partial charge in [0.05, 0.1) is 0 Å². The monoisotopic (exact) mass is 492 g/mol. The highest BCUT2D eigenvalue weighted by Crippen LogP contribution is 2.46. The first-order chi connectivity index (χ1) is 17.4. The molecule has 4 aromatic rings. The van der Waals surface area contributed by atoms with E-state index in [0.29, 0.717) is 0 Å². The highest BCUT2D eigenvalue weighted by atomic mass is 16.3. The molecular weight excluding hydrogens is 452 g/mol. The molecule has 0 spiro atoms. The second-order valence-electron chi connectivity index (χ2n) is 12.1. The lowest BCUT2D eigenvalue weighted by atomic mass is 9.70. The van der Waals surface area contributed by atoms with Crippen LogP contribution in [0.25, 0.3) is 22.3 Å². The van der Waals surface area contributed by atoms with Crippen LogP contribution in [0.2, 0.25) is 0 Å². The van der Waals surface area contributed by atoms with Gasteiger partial charge in [-0.3, -0.25) is 0 Å². The second-order valence-corrected chi connectivity index (χ2v) is 12.1. The first-order valence-electron chi connectivity index (χ1n) is 13.3. The van der Waals surface area contributed by atoms with Gasteiger partial charge >= 0.3 is 0 Å². The Kier molecular flexibility index (Phi) is 7.24. The van der Waals surface area contributed by atoms with E-state index in [1.165, 1.54) is 33.4 Å². The van der Waals surface area contributed by atoms with Crippen molar-refractivity contribution in [2.24, 2.45) is 0 Å². The topological polar surface area (TPSA) is 40.5 Å². The van der Waals surface area contributed by atoms with Crippen LogP contribution < -0.4 is 0 Å². The molecule has 0 amide bonds. The molecule has 0 aromatic heterocycles. The molecule has 0 aliphatic carbocycles. The average Bonchev–Trinajstić information content (AvgIpc) is 2.84. The number of hydrogen-bond donors (Lipinski definition) is 2. The van der Waals surface area contributed by atoms with Crippen LogP contribution >= 0.6 is 0 Å². The summed E-state index contributed by atoms with van der Waals surface area (Å²) in [6.07, 6.45) is 0.976. The molecule has 37 heavy (non-hydrogen) atoms. The van der Waals surface area contributed by atoms with E-state index in [1.807, 2.05) is 24.3 Å². The zero-order valence-corrected chi connectivity index (χ0v) is 23.3. The Balaban J connectivity index is 1.99. The van der Waals surface area contributed by atoms with E-state index in [1.54, 1.807) is 24.3 Å². The van der Waals surface area contributed by atoms with Crippen molar-refractivity contribution < 1.29 is 10.2 Å². The Labute approximate surface area is 222 Å². The lowest BCUT2D eigenvalue weighted by Crippen LogP contribution is -2.21. The van der Waals surface area contributed by atoms with Gasteiger partial charge < -0.3 is 10.2 Å². The average molecular weight is 493 g/mol. The van der Waals surface area contributed by atoms with Crippen LogP contribution in [0.3, 0.4) is 0 Å². The highest BCUT2D eigenvalue weighted by molar-refractivity contribution is 5.74. The number of phenolic OH excluding ortho intramolecular Hbond substituents is 2. The maximum absolute atomic E-state index is 9.89. The fourth-order valence-electron chi connectivity index (χ4n) is 5.77. The minimum Gasteiger partial charge on any atom is -0.508 e. The summed E-state index contributed by atoms with van der Waals surface area (Å²) >= 11 is 0. The largest absolute Gasteiger partial charge is 0.508 e. The van der Waals surface area contributed by atoms with Crippen LogP contribution in [0.15, 0.2) is 84.9 Å². The molecule has 0 atom stereocenters. The van der Waals surface area contributed by atoms with Gasteiger partial charge in [-0.2, -0.15) is 0 Å². The molecule has 4 rings (SSSR count). The molecular formula is C35H40O2. The molecule has 0 aliphatic heterocycles. The van der Waals surface area contributed by atoms with Gasteiger partial charge in [-0.05, 0) is 86.0 Å². The van der Waals surface area contributed by atoms with E-state index >= 15 is 0 Å². The SMILES string of the molecule is CCC(c1cccc(-c2ccc(O)cc2)c1C(C)(C)C)c1cccc(-c2ccc(O)cc2)c1C(C)(C)C. The summed E-state index contributed by atoms with van der Waals surface area (Å²) in [5, 5.41) is 19.8. The molecule has 0 radical (unpaired) electrons. The Morgan fingerprint density at radius 3 is 1.19 bits per heavy atom. The highest BCUT2D eigenvalue weighted by Gasteiger charge is 2.31. The van der Waals surface area contributed by atoms with E-state index in [9.17, 15) is 10.2 Å². The van der Waals surface area contributed by atoms with E-state index in [4.69, 9.17) is 0 Å². The number of hydrogen-bond acceptors (Lipinski definition) is 2. The minimum absolute atomic E-state index is 0.0757. The quantitative estimate of drug-likeness (QED) is 0.291. The fourth-order valence-corrected chi connectivity index (χ4v) is 5.77. The first-order valence-corrected chi connectivity index (χ1v) is 13.3.